The summed E-state index contributed by atoms with van der Waals surface area (Å²) >= 11 is 0. The highest BCUT2D eigenvalue weighted by atomic mass is 15.1. The molecule has 0 unspecified atom stereocenters. The number of para-hydroxylation sites is 1. The predicted octanol–water partition coefficient (Wildman–Crippen LogP) is 15.1. The molecule has 9 aromatic rings. The van der Waals surface area contributed by atoms with Crippen molar-refractivity contribution in [2.45, 2.75) is 24.7 Å². The van der Waals surface area contributed by atoms with Gasteiger partial charge in [0.2, 0.25) is 0 Å². The zero-order chi connectivity index (χ0) is 39.3. The second-order valence-electron chi connectivity index (χ2n) is 16.8. The van der Waals surface area contributed by atoms with E-state index in [-0.39, 0.29) is 10.8 Å². The highest BCUT2D eigenvalue weighted by Crippen LogP contribution is 2.63. The number of hydrogen-bond acceptors (Lipinski definition) is 1. The number of nitrogens with zero attached hydrogens (tertiary/aromatic N) is 1. The van der Waals surface area contributed by atoms with Gasteiger partial charge in [-0.1, -0.05) is 190 Å². The maximum Gasteiger partial charge on any atom is 0.0725 e. The van der Waals surface area contributed by atoms with Crippen molar-refractivity contribution in [3.8, 4) is 55.6 Å². The van der Waals surface area contributed by atoms with Crippen molar-refractivity contribution in [2.24, 2.45) is 0 Å². The fraction of sp³-hybridized carbons (Fsp3) is 0.0690. The number of anilines is 3. The van der Waals surface area contributed by atoms with Gasteiger partial charge in [-0.25, -0.2) is 0 Å². The Hall–Kier alpha value is -7.22. The molecule has 0 saturated carbocycles. The maximum atomic E-state index is 2.45. The molecule has 59 heavy (non-hydrogen) atoms. The number of fused-ring (bicyclic) bond motifs is 13. The van der Waals surface area contributed by atoms with E-state index in [1.807, 2.05) is 0 Å². The molecule has 1 nitrogen and oxygen atoms in total. The van der Waals surface area contributed by atoms with Crippen LogP contribution in [0, 0.1) is 0 Å². The molecule has 0 saturated heterocycles. The molecule has 0 heterocycles. The molecule has 1 heteroatoms. The molecular formula is C58H41N. The predicted molar refractivity (Wildman–Crippen MR) is 246 cm³/mol. The molecule has 0 bridgehead atoms. The summed E-state index contributed by atoms with van der Waals surface area (Å²) in [5, 5.41) is 0. The number of hydrogen-bond donors (Lipinski definition) is 0. The van der Waals surface area contributed by atoms with Crippen LogP contribution < -0.4 is 4.90 Å². The average Bonchev–Trinajstić information content (AvgIpc) is 3.85. The molecule has 0 fully saturated rings. The van der Waals surface area contributed by atoms with Crippen LogP contribution in [0.1, 0.15) is 47.2 Å². The van der Waals surface area contributed by atoms with E-state index in [1.54, 1.807) is 0 Å². The molecule has 3 aliphatic carbocycles. The molecule has 0 N–H and O–H groups in total. The summed E-state index contributed by atoms with van der Waals surface area (Å²) in [4.78, 5) is 2.45. The van der Waals surface area contributed by atoms with Crippen LogP contribution in [-0.4, -0.2) is 0 Å². The monoisotopic (exact) mass is 751 g/mol. The summed E-state index contributed by atoms with van der Waals surface area (Å²) in [6.07, 6.45) is 0. The molecule has 1 spiro atoms. The van der Waals surface area contributed by atoms with Crippen LogP contribution in [0.15, 0.2) is 212 Å². The smallest absolute Gasteiger partial charge is 0.0725 e. The first-order valence-corrected chi connectivity index (χ1v) is 20.8. The summed E-state index contributed by atoms with van der Waals surface area (Å²) in [6.45, 7) is 4.72. The molecule has 278 valence electrons. The van der Waals surface area contributed by atoms with Gasteiger partial charge in [0.1, 0.15) is 0 Å². The van der Waals surface area contributed by atoms with Gasteiger partial charge in [0, 0.05) is 22.4 Å². The Kier molecular flexibility index (Phi) is 7.26. The molecule has 0 aromatic heterocycles. The lowest BCUT2D eigenvalue weighted by atomic mass is 9.70. The van der Waals surface area contributed by atoms with Gasteiger partial charge in [0.25, 0.3) is 0 Å². The second kappa shape index (κ2) is 12.6. The summed E-state index contributed by atoms with van der Waals surface area (Å²) in [6, 6.07) is 79.0. The number of rotatable bonds is 5. The molecule has 12 rings (SSSR count). The second-order valence-corrected chi connectivity index (χ2v) is 16.8. The highest BCUT2D eigenvalue weighted by molar-refractivity contribution is 5.96. The van der Waals surface area contributed by atoms with Crippen molar-refractivity contribution in [3.63, 3.8) is 0 Å². The van der Waals surface area contributed by atoms with Crippen LogP contribution in [0.2, 0.25) is 0 Å². The largest absolute Gasteiger partial charge is 0.310 e. The average molecular weight is 752 g/mol. The summed E-state index contributed by atoms with van der Waals surface area (Å²) in [5.41, 5.74) is 24.0. The molecule has 0 atom stereocenters. The minimum atomic E-state index is -0.333. The molecule has 0 amide bonds. The maximum absolute atomic E-state index is 2.45. The van der Waals surface area contributed by atoms with Gasteiger partial charge in [-0.05, 0) is 120 Å². The van der Waals surface area contributed by atoms with Gasteiger partial charge in [0.05, 0.1) is 11.1 Å². The lowest BCUT2D eigenvalue weighted by molar-refractivity contribution is 0.660. The zero-order valence-corrected chi connectivity index (χ0v) is 33.2. The SMILES string of the molecule is CC1(C)c2ccccc2-c2ccc(N(c3ccc(-c4ccc5c(c4)-c4ccccc4C54c5ccccc5-c5ccccc54)cc3)c3ccccc3-c3ccccc3)cc21. The van der Waals surface area contributed by atoms with E-state index in [0.717, 1.165) is 17.1 Å². The lowest BCUT2D eigenvalue weighted by Gasteiger charge is -2.30. The van der Waals surface area contributed by atoms with Crippen molar-refractivity contribution in [2.75, 3.05) is 4.90 Å². The Balaban J connectivity index is 0.995. The Labute approximate surface area is 346 Å². The van der Waals surface area contributed by atoms with Gasteiger partial charge in [-0.2, -0.15) is 0 Å². The van der Waals surface area contributed by atoms with Crippen LogP contribution in [0.4, 0.5) is 17.1 Å². The zero-order valence-electron chi connectivity index (χ0n) is 33.2. The van der Waals surface area contributed by atoms with Crippen molar-refractivity contribution >= 4 is 17.1 Å². The van der Waals surface area contributed by atoms with E-state index in [1.165, 1.54) is 89.0 Å². The Morgan fingerprint density at radius 2 is 0.746 bits per heavy atom. The molecule has 0 aliphatic heterocycles. The fourth-order valence-electron chi connectivity index (χ4n) is 10.9. The molecular weight excluding hydrogens is 711 g/mol. The van der Waals surface area contributed by atoms with Crippen LogP contribution >= 0.6 is 0 Å². The topological polar surface area (TPSA) is 3.24 Å². The minimum Gasteiger partial charge on any atom is -0.310 e. The first-order chi connectivity index (χ1) is 29.0. The Bertz CT molecular complexity index is 3090. The van der Waals surface area contributed by atoms with Gasteiger partial charge < -0.3 is 4.90 Å². The van der Waals surface area contributed by atoms with Crippen LogP contribution in [0.5, 0.6) is 0 Å². The normalized spacial score (nSPS) is 14.2. The summed E-state index contributed by atoms with van der Waals surface area (Å²) in [7, 11) is 0. The van der Waals surface area contributed by atoms with Gasteiger partial charge >= 0.3 is 0 Å². The first kappa shape index (κ1) is 33.9. The van der Waals surface area contributed by atoms with E-state index < -0.39 is 0 Å². The standard InChI is InChI=1S/C58H41N/c1-57(2)50-23-11-6-19-44(50)48-34-33-42(37-55(48)57)59(56-27-15-10-18-43(56)39-16-4-3-5-17-39)41-31-28-38(29-32-41)40-30-35-54-49(36-40)47-22-9-14-26-53(47)58(54)51-24-12-7-20-45(51)46-21-8-13-25-52(46)58/h3-37H,1-2H3. The van der Waals surface area contributed by atoms with E-state index in [9.17, 15) is 0 Å². The van der Waals surface area contributed by atoms with Crippen molar-refractivity contribution in [3.05, 3.63) is 246 Å². The van der Waals surface area contributed by atoms with Crippen molar-refractivity contribution in [1.82, 2.24) is 0 Å². The van der Waals surface area contributed by atoms with Crippen LogP contribution in [0.3, 0.4) is 0 Å². The number of benzene rings is 9. The summed E-state index contributed by atoms with van der Waals surface area (Å²) in [5.74, 6) is 0. The van der Waals surface area contributed by atoms with Crippen LogP contribution in [-0.2, 0) is 10.8 Å². The van der Waals surface area contributed by atoms with E-state index in [2.05, 4.69) is 231 Å². The van der Waals surface area contributed by atoms with Gasteiger partial charge in [-0.3, -0.25) is 0 Å². The van der Waals surface area contributed by atoms with E-state index >= 15 is 0 Å². The minimum absolute atomic E-state index is 0.107. The third-order valence-corrected chi connectivity index (χ3v) is 13.5. The lowest BCUT2D eigenvalue weighted by Crippen LogP contribution is -2.25. The Morgan fingerprint density at radius 3 is 1.39 bits per heavy atom. The third-order valence-electron chi connectivity index (χ3n) is 13.5. The van der Waals surface area contributed by atoms with E-state index in [4.69, 9.17) is 0 Å². The molecule has 9 aromatic carbocycles. The van der Waals surface area contributed by atoms with Crippen LogP contribution in [0.25, 0.3) is 55.6 Å². The van der Waals surface area contributed by atoms with E-state index in [0.29, 0.717) is 0 Å². The quantitative estimate of drug-likeness (QED) is 0.169. The van der Waals surface area contributed by atoms with Crippen molar-refractivity contribution < 1.29 is 0 Å². The Morgan fingerprint density at radius 1 is 0.288 bits per heavy atom. The fourth-order valence-corrected chi connectivity index (χ4v) is 10.9. The van der Waals surface area contributed by atoms with Gasteiger partial charge in [0.15, 0.2) is 0 Å². The first-order valence-electron chi connectivity index (χ1n) is 20.8. The van der Waals surface area contributed by atoms with Gasteiger partial charge in [-0.15, -0.1) is 0 Å². The highest BCUT2D eigenvalue weighted by Gasteiger charge is 2.51. The molecule has 0 radical (unpaired) electrons. The molecule has 3 aliphatic rings. The third kappa shape index (κ3) is 4.73. The summed E-state index contributed by atoms with van der Waals surface area (Å²) < 4.78 is 0. The van der Waals surface area contributed by atoms with Crippen molar-refractivity contribution in [1.29, 1.82) is 0 Å².